The van der Waals surface area contributed by atoms with Gasteiger partial charge < -0.3 is 14.8 Å². The molecule has 80 valence electrons. The molecule has 1 atom stereocenters. The summed E-state index contributed by atoms with van der Waals surface area (Å²) in [5.41, 5.74) is -0.0422. The maximum Gasteiger partial charge on any atom is 0.0637 e. The number of rotatable bonds is 7. The molecule has 0 aliphatic carbocycles. The van der Waals surface area contributed by atoms with Crippen LogP contribution in [0.4, 0.5) is 0 Å². The van der Waals surface area contributed by atoms with E-state index in [1.807, 2.05) is 0 Å². The molecule has 0 heterocycles. The highest BCUT2D eigenvalue weighted by Crippen LogP contribution is 2.14. The second kappa shape index (κ2) is 6.35. The van der Waals surface area contributed by atoms with Crippen LogP contribution in [-0.4, -0.2) is 39.0 Å². The van der Waals surface area contributed by atoms with Crippen molar-refractivity contribution in [1.29, 1.82) is 0 Å². The van der Waals surface area contributed by atoms with E-state index in [1.165, 1.54) is 0 Å². The molecule has 3 heteroatoms. The fourth-order valence-corrected chi connectivity index (χ4v) is 1.30. The molecular formula is C10H23NO2. The zero-order valence-electron chi connectivity index (χ0n) is 9.52. The summed E-state index contributed by atoms with van der Waals surface area (Å²) in [6.45, 7) is 8.02. The monoisotopic (exact) mass is 189 g/mol. The zero-order chi connectivity index (χ0) is 10.3. The minimum atomic E-state index is -0.0422. The van der Waals surface area contributed by atoms with E-state index in [2.05, 4.69) is 26.1 Å². The largest absolute Gasteiger partial charge is 0.383 e. The fraction of sp³-hybridized carbons (Fsp3) is 1.00. The summed E-state index contributed by atoms with van der Waals surface area (Å²) in [4.78, 5) is 0. The summed E-state index contributed by atoms with van der Waals surface area (Å²) in [5, 5.41) is 3.37. The Morgan fingerprint density at radius 2 is 1.92 bits per heavy atom. The van der Waals surface area contributed by atoms with Crippen molar-refractivity contribution in [3.05, 3.63) is 0 Å². The molecule has 0 aromatic rings. The summed E-state index contributed by atoms with van der Waals surface area (Å²) in [6.07, 6.45) is 1.01. The lowest BCUT2D eigenvalue weighted by atomic mass is 10.00. The molecule has 0 saturated heterocycles. The molecule has 1 N–H and O–H groups in total. The Balaban J connectivity index is 3.55. The van der Waals surface area contributed by atoms with Gasteiger partial charge in [0.25, 0.3) is 0 Å². The van der Waals surface area contributed by atoms with Crippen LogP contribution in [0.15, 0.2) is 0 Å². The lowest BCUT2D eigenvalue weighted by Gasteiger charge is -2.27. The number of ether oxygens (including phenoxy) is 2. The molecule has 0 aliphatic heterocycles. The van der Waals surface area contributed by atoms with Crippen molar-refractivity contribution in [2.24, 2.45) is 0 Å². The normalized spacial score (nSPS) is 14.5. The first kappa shape index (κ1) is 12.9. The smallest absolute Gasteiger partial charge is 0.0637 e. The highest BCUT2D eigenvalue weighted by Gasteiger charge is 2.19. The Hall–Kier alpha value is -0.120. The van der Waals surface area contributed by atoms with Gasteiger partial charge in [0, 0.05) is 26.8 Å². The molecule has 0 bridgehead atoms. The third-order valence-electron chi connectivity index (χ3n) is 2.15. The molecule has 0 aliphatic rings. The predicted octanol–water partition coefficient (Wildman–Crippen LogP) is 1.43. The highest BCUT2D eigenvalue weighted by molar-refractivity contribution is 4.74. The van der Waals surface area contributed by atoms with Crippen LogP contribution in [0.25, 0.3) is 0 Å². The summed E-state index contributed by atoms with van der Waals surface area (Å²) in [5.74, 6) is 0. The Bertz CT molecular complexity index is 126. The van der Waals surface area contributed by atoms with Crippen molar-refractivity contribution in [2.45, 2.75) is 38.8 Å². The summed E-state index contributed by atoms with van der Waals surface area (Å²) in [6, 6.07) is 0.463. The van der Waals surface area contributed by atoms with Crippen molar-refractivity contribution in [3.63, 3.8) is 0 Å². The molecule has 0 unspecified atom stereocenters. The summed E-state index contributed by atoms with van der Waals surface area (Å²) in [7, 11) is 3.47. The second-order valence-electron chi connectivity index (χ2n) is 4.02. The first-order valence-corrected chi connectivity index (χ1v) is 4.79. The van der Waals surface area contributed by atoms with E-state index < -0.39 is 0 Å². The molecule has 0 amide bonds. The van der Waals surface area contributed by atoms with E-state index in [1.54, 1.807) is 14.2 Å². The van der Waals surface area contributed by atoms with Crippen molar-refractivity contribution < 1.29 is 9.47 Å². The lowest BCUT2D eigenvalue weighted by molar-refractivity contribution is 0.00815. The first-order valence-electron chi connectivity index (χ1n) is 4.79. The van der Waals surface area contributed by atoms with Crippen molar-refractivity contribution >= 4 is 0 Å². The molecule has 0 fully saturated rings. The Kier molecular flexibility index (Phi) is 6.29. The minimum absolute atomic E-state index is 0.0422. The average molecular weight is 189 g/mol. The van der Waals surface area contributed by atoms with Gasteiger partial charge in [-0.05, 0) is 27.2 Å². The van der Waals surface area contributed by atoms with Gasteiger partial charge in [0.2, 0.25) is 0 Å². The van der Waals surface area contributed by atoms with Crippen molar-refractivity contribution in [3.8, 4) is 0 Å². The second-order valence-corrected chi connectivity index (χ2v) is 4.02. The van der Waals surface area contributed by atoms with E-state index in [-0.39, 0.29) is 5.60 Å². The van der Waals surface area contributed by atoms with E-state index >= 15 is 0 Å². The van der Waals surface area contributed by atoms with Gasteiger partial charge in [-0.15, -0.1) is 0 Å². The van der Waals surface area contributed by atoms with Crippen LogP contribution in [-0.2, 0) is 9.47 Å². The Morgan fingerprint density at radius 1 is 1.31 bits per heavy atom. The number of hydrogen-bond acceptors (Lipinski definition) is 3. The minimum Gasteiger partial charge on any atom is -0.383 e. The third-order valence-corrected chi connectivity index (χ3v) is 2.15. The van der Waals surface area contributed by atoms with Gasteiger partial charge in [-0.3, -0.25) is 0 Å². The molecule has 0 radical (unpaired) electrons. The molecule has 13 heavy (non-hydrogen) atoms. The SMILES string of the molecule is COCCN[C@H](C)CC(C)(C)OC. The number of hydrogen-bond donors (Lipinski definition) is 1. The Morgan fingerprint density at radius 3 is 2.38 bits per heavy atom. The van der Waals surface area contributed by atoms with E-state index in [0.29, 0.717) is 6.04 Å². The van der Waals surface area contributed by atoms with Gasteiger partial charge in [0.1, 0.15) is 0 Å². The van der Waals surface area contributed by atoms with Gasteiger partial charge >= 0.3 is 0 Å². The van der Waals surface area contributed by atoms with Crippen molar-refractivity contribution in [1.82, 2.24) is 5.32 Å². The lowest BCUT2D eigenvalue weighted by Crippen LogP contribution is -2.37. The third kappa shape index (κ3) is 6.99. The molecule has 0 aromatic heterocycles. The molecule has 0 rings (SSSR count). The van der Waals surface area contributed by atoms with E-state index in [9.17, 15) is 0 Å². The highest BCUT2D eigenvalue weighted by atomic mass is 16.5. The van der Waals surface area contributed by atoms with Crippen molar-refractivity contribution in [2.75, 3.05) is 27.4 Å². The fourth-order valence-electron chi connectivity index (χ4n) is 1.30. The first-order chi connectivity index (χ1) is 6.02. The van der Waals surface area contributed by atoms with Crippen LogP contribution >= 0.6 is 0 Å². The standard InChI is InChI=1S/C10H23NO2/c1-9(11-6-7-12-4)8-10(2,3)13-5/h9,11H,6-8H2,1-5H3/t9-/m1/s1. The van der Waals surface area contributed by atoms with Gasteiger partial charge in [0.15, 0.2) is 0 Å². The van der Waals surface area contributed by atoms with Crippen LogP contribution in [0.2, 0.25) is 0 Å². The van der Waals surface area contributed by atoms with Crippen LogP contribution in [0.1, 0.15) is 27.2 Å². The quantitative estimate of drug-likeness (QED) is 0.614. The molecule has 3 nitrogen and oxygen atoms in total. The van der Waals surface area contributed by atoms with Crippen LogP contribution in [0.3, 0.4) is 0 Å². The van der Waals surface area contributed by atoms with Gasteiger partial charge in [-0.1, -0.05) is 0 Å². The van der Waals surface area contributed by atoms with E-state index in [4.69, 9.17) is 9.47 Å². The zero-order valence-corrected chi connectivity index (χ0v) is 9.52. The van der Waals surface area contributed by atoms with Crippen LogP contribution in [0.5, 0.6) is 0 Å². The number of nitrogens with one attached hydrogen (secondary N) is 1. The van der Waals surface area contributed by atoms with Crippen LogP contribution < -0.4 is 5.32 Å². The molecular weight excluding hydrogens is 166 g/mol. The molecule has 0 aromatic carbocycles. The predicted molar refractivity (Wildman–Crippen MR) is 55.0 cm³/mol. The van der Waals surface area contributed by atoms with E-state index in [0.717, 1.165) is 19.6 Å². The van der Waals surface area contributed by atoms with Gasteiger partial charge in [0.05, 0.1) is 12.2 Å². The Labute approximate surface area is 81.8 Å². The molecule has 0 saturated carbocycles. The maximum atomic E-state index is 5.34. The maximum absolute atomic E-state index is 5.34. The summed E-state index contributed by atoms with van der Waals surface area (Å²) >= 11 is 0. The average Bonchev–Trinajstić information content (AvgIpc) is 2.04. The topological polar surface area (TPSA) is 30.5 Å². The van der Waals surface area contributed by atoms with Gasteiger partial charge in [-0.25, -0.2) is 0 Å². The van der Waals surface area contributed by atoms with Crippen LogP contribution in [0, 0.1) is 0 Å². The number of methoxy groups -OCH3 is 2. The summed E-state index contributed by atoms with van der Waals surface area (Å²) < 4.78 is 10.3. The van der Waals surface area contributed by atoms with Gasteiger partial charge in [-0.2, -0.15) is 0 Å². The molecule has 0 spiro atoms.